The molecule has 0 aromatic carbocycles. The molecule has 2 unspecified atom stereocenters. The van der Waals surface area contributed by atoms with E-state index in [2.05, 4.69) is 21.2 Å². The van der Waals surface area contributed by atoms with Crippen LogP contribution in [0.25, 0.3) is 0 Å². The molecule has 0 spiro atoms. The molecule has 0 saturated carbocycles. The maximum absolute atomic E-state index is 11.1. The van der Waals surface area contributed by atoms with Crippen LogP contribution in [-0.2, 0) is 9.53 Å². The van der Waals surface area contributed by atoms with Gasteiger partial charge in [-0.2, -0.15) is 0 Å². The number of thiophene rings is 1. The van der Waals surface area contributed by atoms with E-state index in [9.17, 15) is 4.79 Å². The Labute approximate surface area is 107 Å². The Morgan fingerprint density at radius 2 is 2.38 bits per heavy atom. The number of nitrogens with one attached hydrogen (secondary N) is 1. The van der Waals surface area contributed by atoms with E-state index in [4.69, 9.17) is 10.5 Å². The number of halogens is 1. The lowest BCUT2D eigenvalue weighted by Gasteiger charge is -2.19. The second-order valence-corrected chi connectivity index (χ2v) is 5.94. The molecular formula is C10H15BrN2O2S. The van der Waals surface area contributed by atoms with Crippen molar-refractivity contribution in [3.8, 4) is 0 Å². The van der Waals surface area contributed by atoms with E-state index >= 15 is 0 Å². The quantitative estimate of drug-likeness (QED) is 0.840. The zero-order valence-corrected chi connectivity index (χ0v) is 11.6. The lowest BCUT2D eigenvalue weighted by atomic mass is 10.2. The van der Waals surface area contributed by atoms with Crippen LogP contribution in [0.5, 0.6) is 0 Å². The van der Waals surface area contributed by atoms with E-state index in [0.29, 0.717) is 0 Å². The predicted octanol–water partition coefficient (Wildman–Crippen LogP) is 1.66. The number of amides is 1. The number of primary amides is 1. The molecule has 0 aliphatic rings. The van der Waals surface area contributed by atoms with E-state index in [-0.39, 0.29) is 12.6 Å². The molecule has 1 amide bonds. The Balaban J connectivity index is 2.61. The molecule has 0 aliphatic heterocycles. The van der Waals surface area contributed by atoms with Gasteiger partial charge in [-0.15, -0.1) is 11.3 Å². The minimum absolute atomic E-state index is 0.0731. The Bertz CT molecular complexity index is 356. The third kappa shape index (κ3) is 3.86. The molecule has 4 nitrogen and oxygen atoms in total. The second kappa shape index (κ2) is 6.34. The number of rotatable bonds is 6. The number of methoxy groups -OCH3 is 1. The molecule has 0 bridgehead atoms. The van der Waals surface area contributed by atoms with Gasteiger partial charge in [-0.25, -0.2) is 0 Å². The molecule has 1 rings (SSSR count). The molecule has 90 valence electrons. The second-order valence-electron chi connectivity index (χ2n) is 3.44. The van der Waals surface area contributed by atoms with Crippen LogP contribution in [0.2, 0.25) is 0 Å². The molecule has 2 atom stereocenters. The topological polar surface area (TPSA) is 64.3 Å². The van der Waals surface area contributed by atoms with Crippen LogP contribution in [-0.4, -0.2) is 25.7 Å². The molecule has 0 fully saturated rings. The summed E-state index contributed by atoms with van der Waals surface area (Å²) in [5.41, 5.74) is 5.27. The van der Waals surface area contributed by atoms with Crippen LogP contribution in [0.15, 0.2) is 15.9 Å². The summed E-state index contributed by atoms with van der Waals surface area (Å²) >= 11 is 5.03. The van der Waals surface area contributed by atoms with Crippen molar-refractivity contribution in [2.24, 2.45) is 5.73 Å². The number of carbonyl (C=O) groups is 1. The van der Waals surface area contributed by atoms with Gasteiger partial charge >= 0.3 is 0 Å². The summed E-state index contributed by atoms with van der Waals surface area (Å²) in [6.07, 6.45) is 0. The van der Waals surface area contributed by atoms with Gasteiger partial charge < -0.3 is 10.5 Å². The first-order valence-corrected chi connectivity index (χ1v) is 6.45. The largest absolute Gasteiger partial charge is 0.383 e. The third-order valence-electron chi connectivity index (χ3n) is 2.15. The maximum Gasteiger partial charge on any atom is 0.236 e. The van der Waals surface area contributed by atoms with Crippen molar-refractivity contribution in [3.63, 3.8) is 0 Å². The molecule has 0 radical (unpaired) electrons. The van der Waals surface area contributed by atoms with Crippen LogP contribution in [0.3, 0.4) is 0 Å². The van der Waals surface area contributed by atoms with Crippen LogP contribution in [0.4, 0.5) is 0 Å². The van der Waals surface area contributed by atoms with Crippen molar-refractivity contribution in [1.29, 1.82) is 0 Å². The summed E-state index contributed by atoms with van der Waals surface area (Å²) in [5, 5.41) is 3.14. The predicted molar refractivity (Wildman–Crippen MR) is 68.4 cm³/mol. The normalized spacial score (nSPS) is 14.7. The summed E-state index contributed by atoms with van der Waals surface area (Å²) in [4.78, 5) is 12.3. The molecule has 6 heteroatoms. The number of carbonyl (C=O) groups excluding carboxylic acids is 1. The molecule has 0 saturated heterocycles. The first-order chi connectivity index (χ1) is 7.54. The summed E-state index contributed by atoms with van der Waals surface area (Å²) < 4.78 is 6.01. The van der Waals surface area contributed by atoms with Crippen LogP contribution in [0.1, 0.15) is 17.8 Å². The van der Waals surface area contributed by atoms with E-state index in [1.807, 2.05) is 19.1 Å². The summed E-state index contributed by atoms with van der Waals surface area (Å²) in [6, 6.07) is 3.61. The zero-order chi connectivity index (χ0) is 12.1. The summed E-state index contributed by atoms with van der Waals surface area (Å²) in [6.45, 7) is 2.27. The van der Waals surface area contributed by atoms with E-state index < -0.39 is 11.9 Å². The lowest BCUT2D eigenvalue weighted by Crippen LogP contribution is -2.45. The molecule has 1 aromatic rings. The highest BCUT2D eigenvalue weighted by molar-refractivity contribution is 9.11. The minimum Gasteiger partial charge on any atom is -0.383 e. The van der Waals surface area contributed by atoms with Gasteiger partial charge in [-0.1, -0.05) is 0 Å². The smallest absolute Gasteiger partial charge is 0.236 e. The van der Waals surface area contributed by atoms with Gasteiger partial charge in [-0.05, 0) is 35.0 Å². The molecular weight excluding hydrogens is 292 g/mol. The van der Waals surface area contributed by atoms with Crippen molar-refractivity contribution in [2.75, 3.05) is 13.7 Å². The monoisotopic (exact) mass is 306 g/mol. The fourth-order valence-electron chi connectivity index (χ4n) is 1.32. The highest BCUT2D eigenvalue weighted by Crippen LogP contribution is 2.27. The first kappa shape index (κ1) is 13.6. The molecule has 16 heavy (non-hydrogen) atoms. The van der Waals surface area contributed by atoms with Crippen molar-refractivity contribution in [3.05, 3.63) is 20.8 Å². The fraction of sp³-hybridized carbons (Fsp3) is 0.500. The van der Waals surface area contributed by atoms with Crippen molar-refractivity contribution >= 4 is 33.2 Å². The standard InChI is InChI=1S/C10H15BrN2O2S/c1-6(8-3-4-9(11)16-8)13-7(5-15-2)10(12)14/h3-4,6-7,13H,5H2,1-2H3,(H2,12,14). The number of hydrogen-bond donors (Lipinski definition) is 2. The zero-order valence-electron chi connectivity index (χ0n) is 9.20. The van der Waals surface area contributed by atoms with Gasteiger partial charge in [0.25, 0.3) is 0 Å². The summed E-state index contributed by atoms with van der Waals surface area (Å²) in [7, 11) is 1.55. The van der Waals surface area contributed by atoms with Gasteiger partial charge in [0.1, 0.15) is 6.04 Å². The maximum atomic E-state index is 11.1. The Morgan fingerprint density at radius 1 is 1.69 bits per heavy atom. The van der Waals surface area contributed by atoms with E-state index in [0.717, 1.165) is 8.66 Å². The Kier molecular flexibility index (Phi) is 5.40. The van der Waals surface area contributed by atoms with Gasteiger partial charge in [-0.3, -0.25) is 10.1 Å². The molecule has 1 aromatic heterocycles. The van der Waals surface area contributed by atoms with Crippen molar-refractivity contribution in [2.45, 2.75) is 19.0 Å². The third-order valence-corrected chi connectivity index (χ3v) is 3.96. The first-order valence-electron chi connectivity index (χ1n) is 4.84. The van der Waals surface area contributed by atoms with Crippen molar-refractivity contribution in [1.82, 2.24) is 5.32 Å². The summed E-state index contributed by atoms with van der Waals surface area (Å²) in [5.74, 6) is -0.399. The van der Waals surface area contributed by atoms with Gasteiger partial charge in [0.2, 0.25) is 5.91 Å². The Hall–Kier alpha value is -0.430. The van der Waals surface area contributed by atoms with Crippen LogP contribution < -0.4 is 11.1 Å². The SMILES string of the molecule is COCC(NC(C)c1ccc(Br)s1)C(N)=O. The van der Waals surface area contributed by atoms with E-state index in [1.54, 1.807) is 18.4 Å². The average Bonchev–Trinajstić information content (AvgIpc) is 2.64. The lowest BCUT2D eigenvalue weighted by molar-refractivity contribution is -0.121. The molecule has 1 heterocycles. The van der Waals surface area contributed by atoms with E-state index in [1.165, 1.54) is 0 Å². The average molecular weight is 307 g/mol. The Morgan fingerprint density at radius 3 is 2.81 bits per heavy atom. The number of nitrogens with two attached hydrogens (primary N) is 1. The van der Waals surface area contributed by atoms with Crippen molar-refractivity contribution < 1.29 is 9.53 Å². The minimum atomic E-state index is -0.458. The fourth-order valence-corrected chi connectivity index (χ4v) is 2.76. The molecule has 3 N–H and O–H groups in total. The highest BCUT2D eigenvalue weighted by Gasteiger charge is 2.18. The van der Waals surface area contributed by atoms with Gasteiger partial charge in [0, 0.05) is 18.0 Å². The van der Waals surface area contributed by atoms with Crippen LogP contribution >= 0.6 is 27.3 Å². The highest BCUT2D eigenvalue weighted by atomic mass is 79.9. The molecule has 0 aliphatic carbocycles. The van der Waals surface area contributed by atoms with Crippen LogP contribution in [0, 0.1) is 0 Å². The van der Waals surface area contributed by atoms with Gasteiger partial charge in [0.15, 0.2) is 0 Å². The van der Waals surface area contributed by atoms with Gasteiger partial charge in [0.05, 0.1) is 10.4 Å². The number of ether oxygens (including phenoxy) is 1. The number of hydrogen-bond acceptors (Lipinski definition) is 4.